The van der Waals surface area contributed by atoms with Crippen LogP contribution in [0.2, 0.25) is 0 Å². The van der Waals surface area contributed by atoms with Crippen LogP contribution in [0.1, 0.15) is 20.8 Å². The summed E-state index contributed by atoms with van der Waals surface area (Å²) in [6.07, 6.45) is 0. The fourth-order valence-electron chi connectivity index (χ4n) is 0.864. The van der Waals surface area contributed by atoms with E-state index in [0.29, 0.717) is 6.54 Å². The maximum Gasteiger partial charge on any atom is 0.320 e. The van der Waals surface area contributed by atoms with Crippen LogP contribution in [0.15, 0.2) is 0 Å². The summed E-state index contributed by atoms with van der Waals surface area (Å²) in [4.78, 5) is 21.8. The van der Waals surface area contributed by atoms with Crippen molar-refractivity contribution in [2.24, 2.45) is 5.73 Å². The van der Waals surface area contributed by atoms with Crippen molar-refractivity contribution in [3.05, 3.63) is 0 Å². The molecule has 6 heteroatoms. The first-order valence-electron chi connectivity index (χ1n) is 5.13. The molecule has 0 aliphatic heterocycles. The molecule has 0 aromatic heterocycles. The van der Waals surface area contributed by atoms with Gasteiger partial charge in [0.25, 0.3) is 0 Å². The van der Waals surface area contributed by atoms with Gasteiger partial charge in [0, 0.05) is 6.54 Å². The predicted octanol–water partition coefficient (Wildman–Crippen LogP) is -0.580. The summed E-state index contributed by atoms with van der Waals surface area (Å²) >= 11 is 0. The Balaban J connectivity index is 3.45. The minimum absolute atomic E-state index is 0.0947. The Morgan fingerprint density at radius 1 is 1.25 bits per heavy atom. The van der Waals surface area contributed by atoms with Gasteiger partial charge in [-0.2, -0.15) is 0 Å². The van der Waals surface area contributed by atoms with Crippen molar-refractivity contribution in [2.75, 3.05) is 26.2 Å². The van der Waals surface area contributed by atoms with Crippen LogP contribution < -0.4 is 11.1 Å². The first kappa shape index (κ1) is 14.9. The zero-order valence-corrected chi connectivity index (χ0v) is 10.0. The molecule has 3 N–H and O–H groups in total. The Hall–Kier alpha value is -1.14. The highest BCUT2D eigenvalue weighted by Gasteiger charge is 2.15. The summed E-state index contributed by atoms with van der Waals surface area (Å²) < 4.78 is 9.75. The molecule has 0 spiro atoms. The third-order valence-electron chi connectivity index (χ3n) is 1.40. The van der Waals surface area contributed by atoms with Gasteiger partial charge in [-0.3, -0.25) is 9.59 Å². The Kier molecular flexibility index (Phi) is 6.67. The zero-order valence-electron chi connectivity index (χ0n) is 10.0. The van der Waals surface area contributed by atoms with Crippen LogP contribution in [0.5, 0.6) is 0 Å². The third-order valence-corrected chi connectivity index (χ3v) is 1.40. The maximum atomic E-state index is 11.2. The van der Waals surface area contributed by atoms with Gasteiger partial charge >= 0.3 is 11.9 Å². The van der Waals surface area contributed by atoms with Crippen LogP contribution in [-0.4, -0.2) is 43.8 Å². The van der Waals surface area contributed by atoms with Crippen molar-refractivity contribution in [1.29, 1.82) is 0 Å². The number of nitrogens with two attached hydrogens (primary N) is 1. The summed E-state index contributed by atoms with van der Waals surface area (Å²) in [6.45, 7) is 5.95. The van der Waals surface area contributed by atoms with Crippen molar-refractivity contribution in [3.8, 4) is 0 Å². The van der Waals surface area contributed by atoms with E-state index in [9.17, 15) is 9.59 Å². The molecule has 0 heterocycles. The lowest BCUT2D eigenvalue weighted by molar-refractivity contribution is -0.153. The van der Waals surface area contributed by atoms with Gasteiger partial charge in [-0.25, -0.2) is 0 Å². The Morgan fingerprint density at radius 3 is 2.38 bits per heavy atom. The smallest absolute Gasteiger partial charge is 0.320 e. The van der Waals surface area contributed by atoms with E-state index in [-0.39, 0.29) is 25.7 Å². The lowest BCUT2D eigenvalue weighted by atomic mass is 10.2. The molecule has 0 aromatic carbocycles. The van der Waals surface area contributed by atoms with E-state index in [1.807, 2.05) is 0 Å². The van der Waals surface area contributed by atoms with E-state index in [1.54, 1.807) is 20.8 Å². The molecule has 0 radical (unpaired) electrons. The van der Waals surface area contributed by atoms with E-state index in [1.165, 1.54) is 0 Å². The largest absolute Gasteiger partial charge is 0.463 e. The molecule has 0 saturated carbocycles. The molecule has 16 heavy (non-hydrogen) atoms. The van der Waals surface area contributed by atoms with Crippen LogP contribution in [0.4, 0.5) is 0 Å². The second kappa shape index (κ2) is 7.19. The van der Waals surface area contributed by atoms with E-state index in [4.69, 9.17) is 15.2 Å². The van der Waals surface area contributed by atoms with Gasteiger partial charge in [0.2, 0.25) is 0 Å². The maximum absolute atomic E-state index is 11.2. The average Bonchev–Trinajstić information content (AvgIpc) is 2.14. The summed E-state index contributed by atoms with van der Waals surface area (Å²) in [6, 6.07) is 0. The van der Waals surface area contributed by atoms with E-state index in [0.717, 1.165) is 0 Å². The topological polar surface area (TPSA) is 90.6 Å². The SMILES string of the molecule is CC(C)(C)OC(=O)CNCCOC(=O)CN. The number of rotatable bonds is 6. The molecular weight excluding hydrogens is 212 g/mol. The molecule has 0 fully saturated rings. The minimum Gasteiger partial charge on any atom is -0.463 e. The molecule has 0 saturated heterocycles. The number of carbonyl (C=O) groups is 2. The van der Waals surface area contributed by atoms with E-state index >= 15 is 0 Å². The molecule has 0 aliphatic rings. The predicted molar refractivity (Wildman–Crippen MR) is 58.7 cm³/mol. The number of carbonyl (C=O) groups excluding carboxylic acids is 2. The second-order valence-corrected chi connectivity index (χ2v) is 4.19. The summed E-state index contributed by atoms with van der Waals surface area (Å²) in [7, 11) is 0. The van der Waals surface area contributed by atoms with Gasteiger partial charge < -0.3 is 20.5 Å². The summed E-state index contributed by atoms with van der Waals surface area (Å²) in [5.41, 5.74) is 4.55. The van der Waals surface area contributed by atoms with Crippen LogP contribution in [-0.2, 0) is 19.1 Å². The lowest BCUT2D eigenvalue weighted by Crippen LogP contribution is -2.33. The van der Waals surface area contributed by atoms with E-state index < -0.39 is 11.6 Å². The third kappa shape index (κ3) is 9.42. The molecule has 0 rings (SSSR count). The van der Waals surface area contributed by atoms with E-state index in [2.05, 4.69) is 5.32 Å². The summed E-state index contributed by atoms with van der Waals surface area (Å²) in [5, 5.41) is 2.79. The lowest BCUT2D eigenvalue weighted by Gasteiger charge is -2.19. The van der Waals surface area contributed by atoms with Gasteiger partial charge in [-0.1, -0.05) is 0 Å². The van der Waals surface area contributed by atoms with Gasteiger partial charge in [0.05, 0.1) is 13.1 Å². The molecule has 0 unspecified atom stereocenters. The van der Waals surface area contributed by atoms with Crippen molar-refractivity contribution >= 4 is 11.9 Å². The van der Waals surface area contributed by atoms with Gasteiger partial charge in [0.15, 0.2) is 0 Å². The van der Waals surface area contributed by atoms with Gasteiger partial charge in [-0.05, 0) is 20.8 Å². The summed E-state index contributed by atoms with van der Waals surface area (Å²) in [5.74, 6) is -0.795. The molecule has 6 nitrogen and oxygen atoms in total. The second-order valence-electron chi connectivity index (χ2n) is 4.19. The zero-order chi connectivity index (χ0) is 12.6. The fourth-order valence-corrected chi connectivity index (χ4v) is 0.864. The van der Waals surface area contributed by atoms with Crippen LogP contribution in [0, 0.1) is 0 Å². The number of hydrogen-bond acceptors (Lipinski definition) is 6. The molecule has 0 aromatic rings. The average molecular weight is 232 g/mol. The normalized spacial score (nSPS) is 11.0. The molecule has 0 atom stereocenters. The number of ether oxygens (including phenoxy) is 2. The number of esters is 2. The minimum atomic E-state index is -0.481. The highest BCUT2D eigenvalue weighted by atomic mass is 16.6. The molecule has 0 aliphatic carbocycles. The number of hydrogen-bond donors (Lipinski definition) is 2. The monoisotopic (exact) mass is 232 g/mol. The Morgan fingerprint density at radius 2 is 1.88 bits per heavy atom. The van der Waals surface area contributed by atoms with Crippen LogP contribution in [0.3, 0.4) is 0 Å². The highest BCUT2D eigenvalue weighted by molar-refractivity contribution is 5.72. The van der Waals surface area contributed by atoms with Crippen molar-refractivity contribution < 1.29 is 19.1 Å². The van der Waals surface area contributed by atoms with Crippen molar-refractivity contribution in [3.63, 3.8) is 0 Å². The van der Waals surface area contributed by atoms with Crippen molar-refractivity contribution in [1.82, 2.24) is 5.32 Å². The highest BCUT2D eigenvalue weighted by Crippen LogP contribution is 2.05. The van der Waals surface area contributed by atoms with Crippen LogP contribution in [0.25, 0.3) is 0 Å². The molecular formula is C10H20N2O4. The fraction of sp³-hybridized carbons (Fsp3) is 0.800. The van der Waals surface area contributed by atoms with Gasteiger partial charge in [-0.15, -0.1) is 0 Å². The van der Waals surface area contributed by atoms with Gasteiger partial charge in [0.1, 0.15) is 12.2 Å². The first-order valence-corrected chi connectivity index (χ1v) is 5.13. The number of nitrogens with one attached hydrogen (secondary N) is 1. The van der Waals surface area contributed by atoms with Crippen LogP contribution >= 0.6 is 0 Å². The Labute approximate surface area is 95.5 Å². The van der Waals surface area contributed by atoms with Crippen molar-refractivity contribution in [2.45, 2.75) is 26.4 Å². The standard InChI is InChI=1S/C10H20N2O4/c1-10(2,3)16-9(14)7-12-4-5-15-8(13)6-11/h12H,4-7,11H2,1-3H3. The molecule has 0 amide bonds. The molecule has 94 valence electrons. The molecule has 0 bridgehead atoms. The first-order chi connectivity index (χ1) is 7.35. The quantitative estimate of drug-likeness (QED) is 0.470. The Bertz CT molecular complexity index is 235.